The topological polar surface area (TPSA) is 174 Å². The lowest BCUT2D eigenvalue weighted by Gasteiger charge is -2.18. The van der Waals surface area contributed by atoms with E-state index in [1.165, 1.54) is 60.3 Å². The first-order chi connectivity index (χ1) is 24.4. The molecule has 272 valence electrons. The average molecular weight is 725 g/mol. The Morgan fingerprint density at radius 3 is 1.92 bits per heavy atom. The van der Waals surface area contributed by atoms with Crippen molar-refractivity contribution in [1.29, 1.82) is 0 Å². The number of aliphatic carboxylic acids is 4. The van der Waals surface area contributed by atoms with E-state index in [2.05, 4.69) is 52.3 Å². The summed E-state index contributed by atoms with van der Waals surface area (Å²) in [5.74, 6) is -5.65. The molecule has 1 aromatic heterocycles. The number of carboxylic acids is 4. The van der Waals surface area contributed by atoms with Crippen LogP contribution in [0.15, 0.2) is 60.7 Å². The zero-order valence-corrected chi connectivity index (χ0v) is 29.0. The predicted octanol–water partition coefficient (Wildman–Crippen LogP) is 5.69. The second kappa shape index (κ2) is 18.8. The van der Waals surface area contributed by atoms with Crippen LogP contribution in [0, 0.1) is 5.82 Å². The van der Waals surface area contributed by atoms with Gasteiger partial charge in [-0.3, -0.25) is 9.80 Å². The summed E-state index contributed by atoms with van der Waals surface area (Å²) in [5, 5.41) is 30.7. The number of nitrogens with zero attached hydrogens (tertiary/aromatic N) is 2. The van der Waals surface area contributed by atoms with Crippen LogP contribution < -0.4 is 9.47 Å². The fourth-order valence-electron chi connectivity index (χ4n) is 5.95. The smallest absolute Gasteiger partial charge is 0.414 e. The van der Waals surface area contributed by atoms with Crippen LogP contribution in [0.4, 0.5) is 4.39 Å². The minimum absolute atomic E-state index is 0.198. The molecule has 2 fully saturated rings. The van der Waals surface area contributed by atoms with E-state index in [0.717, 1.165) is 59.7 Å². The van der Waals surface area contributed by atoms with Gasteiger partial charge in [0, 0.05) is 28.2 Å². The molecular weight excluding hydrogens is 683 g/mol. The van der Waals surface area contributed by atoms with Gasteiger partial charge in [0.15, 0.2) is 0 Å². The number of benzene rings is 3. The number of hydrogen-bond donors (Lipinski definition) is 4. The highest BCUT2D eigenvalue weighted by molar-refractivity contribution is 7.22. The Kier molecular flexibility index (Phi) is 14.3. The van der Waals surface area contributed by atoms with E-state index in [0.29, 0.717) is 6.61 Å². The number of fused-ring (bicyclic) bond motifs is 1. The fourth-order valence-corrected chi connectivity index (χ4v) is 7.20. The van der Waals surface area contributed by atoms with E-state index >= 15 is 0 Å². The third-order valence-electron chi connectivity index (χ3n) is 8.44. The summed E-state index contributed by atoms with van der Waals surface area (Å²) < 4.78 is 27.0. The Morgan fingerprint density at radius 2 is 1.35 bits per heavy atom. The summed E-state index contributed by atoms with van der Waals surface area (Å²) in [6.45, 7) is 7.31. The van der Waals surface area contributed by atoms with Crippen LogP contribution in [-0.2, 0) is 32.1 Å². The lowest BCUT2D eigenvalue weighted by molar-refractivity contribution is -0.159. The van der Waals surface area contributed by atoms with Crippen molar-refractivity contribution in [1.82, 2.24) is 9.80 Å². The van der Waals surface area contributed by atoms with Gasteiger partial charge in [0.05, 0.1) is 7.11 Å². The third-order valence-corrected chi connectivity index (χ3v) is 9.68. The van der Waals surface area contributed by atoms with Crippen molar-refractivity contribution >= 4 is 45.3 Å². The molecule has 51 heavy (non-hydrogen) atoms. The second-order valence-corrected chi connectivity index (χ2v) is 13.1. The molecule has 0 bridgehead atoms. The second-order valence-electron chi connectivity index (χ2n) is 12.0. The highest BCUT2D eigenvalue weighted by Crippen LogP contribution is 2.41. The molecule has 0 atom stereocenters. The molecular formula is C37H41FN2O10S. The number of halogens is 1. The molecule has 2 aliphatic rings. The molecule has 0 unspecified atom stereocenters. The Morgan fingerprint density at radius 1 is 0.765 bits per heavy atom. The van der Waals surface area contributed by atoms with Crippen LogP contribution in [0.5, 0.6) is 11.5 Å². The molecule has 2 aliphatic heterocycles. The number of likely N-dealkylation sites (tertiary alicyclic amines) is 2. The van der Waals surface area contributed by atoms with Crippen molar-refractivity contribution in [2.24, 2.45) is 0 Å². The predicted molar refractivity (Wildman–Crippen MR) is 189 cm³/mol. The van der Waals surface area contributed by atoms with E-state index in [4.69, 9.17) is 49.1 Å². The number of ether oxygens (including phenoxy) is 2. The Labute approximate surface area is 298 Å². The van der Waals surface area contributed by atoms with E-state index < -0.39 is 23.9 Å². The number of carboxylic acid groups (broad SMARTS) is 4. The maximum atomic E-state index is 14.2. The summed E-state index contributed by atoms with van der Waals surface area (Å²) in [4.78, 5) is 42.5. The largest absolute Gasteiger partial charge is 0.496 e. The van der Waals surface area contributed by atoms with E-state index in [1.54, 1.807) is 30.6 Å². The summed E-state index contributed by atoms with van der Waals surface area (Å²) >= 11 is 1.66. The van der Waals surface area contributed by atoms with Gasteiger partial charge in [0.1, 0.15) is 23.9 Å². The normalized spacial score (nSPS) is 14.2. The average Bonchev–Trinajstić information content (AvgIpc) is 3.89. The van der Waals surface area contributed by atoms with Crippen molar-refractivity contribution in [3.05, 3.63) is 83.2 Å². The molecule has 2 saturated heterocycles. The van der Waals surface area contributed by atoms with Gasteiger partial charge in [0.25, 0.3) is 0 Å². The monoisotopic (exact) mass is 724 g/mol. The van der Waals surface area contributed by atoms with Gasteiger partial charge in [-0.1, -0.05) is 18.2 Å². The van der Waals surface area contributed by atoms with Crippen molar-refractivity contribution in [2.75, 3.05) is 46.4 Å². The molecule has 0 spiro atoms. The van der Waals surface area contributed by atoms with Crippen LogP contribution in [0.25, 0.3) is 20.5 Å². The number of rotatable bonds is 10. The third kappa shape index (κ3) is 11.5. The molecule has 4 N–H and O–H groups in total. The molecule has 0 radical (unpaired) electrons. The lowest BCUT2D eigenvalue weighted by atomic mass is 9.97. The van der Waals surface area contributed by atoms with Crippen molar-refractivity contribution in [3.8, 4) is 21.9 Å². The molecule has 4 aromatic rings. The minimum Gasteiger partial charge on any atom is -0.496 e. The zero-order valence-electron chi connectivity index (χ0n) is 28.2. The van der Waals surface area contributed by atoms with E-state index in [9.17, 15) is 4.39 Å². The number of hydrogen-bond acceptors (Lipinski definition) is 9. The van der Waals surface area contributed by atoms with E-state index in [-0.39, 0.29) is 5.82 Å². The molecule has 12 nitrogen and oxygen atoms in total. The van der Waals surface area contributed by atoms with Gasteiger partial charge < -0.3 is 29.9 Å². The Balaban J connectivity index is 0.000000420. The van der Waals surface area contributed by atoms with Crippen LogP contribution in [-0.4, -0.2) is 101 Å². The molecule has 0 amide bonds. The van der Waals surface area contributed by atoms with E-state index in [1.807, 2.05) is 6.07 Å². The SMILES string of the molecule is COc1cc(Cc2c(-c3ccc(OCCN4CCCC4)cc3)sc3cc(F)ccc23)ccc1CN1CCCC1.O=C(O)C(=O)O.O=C(O)C(=O)O. The first-order valence-corrected chi connectivity index (χ1v) is 17.2. The lowest BCUT2D eigenvalue weighted by Crippen LogP contribution is -2.25. The first kappa shape index (κ1) is 38.7. The maximum Gasteiger partial charge on any atom is 0.414 e. The minimum atomic E-state index is -1.82. The van der Waals surface area contributed by atoms with Crippen LogP contribution in [0.1, 0.15) is 42.4 Å². The summed E-state index contributed by atoms with van der Waals surface area (Å²) in [6, 6.07) is 20.2. The molecule has 14 heteroatoms. The van der Waals surface area contributed by atoms with Crippen LogP contribution in [0.2, 0.25) is 0 Å². The molecule has 0 aliphatic carbocycles. The van der Waals surface area contributed by atoms with Crippen molar-refractivity contribution in [3.63, 3.8) is 0 Å². The molecule has 3 heterocycles. The Bertz CT molecular complexity index is 1770. The molecule has 6 rings (SSSR count). The summed E-state index contributed by atoms with van der Waals surface area (Å²) in [5.41, 5.74) is 4.80. The summed E-state index contributed by atoms with van der Waals surface area (Å²) in [7, 11) is 1.76. The van der Waals surface area contributed by atoms with Gasteiger partial charge in [-0.2, -0.15) is 0 Å². The van der Waals surface area contributed by atoms with Crippen molar-refractivity contribution in [2.45, 2.75) is 38.6 Å². The van der Waals surface area contributed by atoms with Crippen molar-refractivity contribution < 1.29 is 53.5 Å². The van der Waals surface area contributed by atoms with Gasteiger partial charge >= 0.3 is 23.9 Å². The quantitative estimate of drug-likeness (QED) is 0.147. The van der Waals surface area contributed by atoms with Gasteiger partial charge in [-0.05, 0) is 123 Å². The van der Waals surface area contributed by atoms with Gasteiger partial charge in [0.2, 0.25) is 0 Å². The standard InChI is InChI=1S/C33H37FN2O2S.2C2H2O4/c1-37-31-21-24(6-7-26(31)23-36-16-4-5-17-36)20-30-29-13-10-27(34)22-32(29)39-33(30)25-8-11-28(12-9-25)38-19-18-35-14-2-3-15-35;2*3-1(4)2(5)6/h6-13,21-22H,2-5,14-20,23H2,1H3;2*(H,3,4)(H,5,6). The molecule has 0 saturated carbocycles. The Hall–Kier alpha value is -5.05. The number of thiophene rings is 1. The number of carbonyl (C=O) groups is 4. The van der Waals surface area contributed by atoms with Gasteiger partial charge in [-0.15, -0.1) is 11.3 Å². The maximum absolute atomic E-state index is 14.2. The molecule has 3 aromatic carbocycles. The van der Waals surface area contributed by atoms with Gasteiger partial charge in [-0.25, -0.2) is 23.6 Å². The fraction of sp³-hybridized carbons (Fsp3) is 0.351. The first-order valence-electron chi connectivity index (χ1n) is 16.4. The highest BCUT2D eigenvalue weighted by Gasteiger charge is 2.18. The van der Waals surface area contributed by atoms with Crippen LogP contribution in [0.3, 0.4) is 0 Å². The highest BCUT2D eigenvalue weighted by atomic mass is 32.1. The number of methoxy groups -OCH3 is 1. The zero-order chi connectivity index (χ0) is 36.9. The summed E-state index contributed by atoms with van der Waals surface area (Å²) in [6.07, 6.45) is 5.91. The van der Waals surface area contributed by atoms with Crippen LogP contribution >= 0.6 is 11.3 Å².